The van der Waals surface area contributed by atoms with Crippen molar-refractivity contribution in [2.24, 2.45) is 0 Å². The van der Waals surface area contributed by atoms with Gasteiger partial charge >= 0.3 is 0 Å². The normalized spacial score (nSPS) is 15.8. The van der Waals surface area contributed by atoms with E-state index in [-0.39, 0.29) is 5.41 Å². The van der Waals surface area contributed by atoms with E-state index in [2.05, 4.69) is 39.0 Å². The Hall–Kier alpha value is -1.72. The topological polar surface area (TPSA) is 56.0 Å². The number of rotatable bonds is 2. The number of pyridine rings is 1. The summed E-state index contributed by atoms with van der Waals surface area (Å²) in [6, 6.07) is 10.2. The summed E-state index contributed by atoms with van der Waals surface area (Å²) in [4.78, 5) is 6.53. The van der Waals surface area contributed by atoms with E-state index in [1.807, 2.05) is 12.1 Å². The maximum Gasteiger partial charge on any atom is 0.126 e. The van der Waals surface area contributed by atoms with Crippen LogP contribution in [0.15, 0.2) is 39.4 Å². The summed E-state index contributed by atoms with van der Waals surface area (Å²) in [7, 11) is -1.27. The van der Waals surface area contributed by atoms with Crippen LogP contribution in [-0.4, -0.2) is 9.19 Å². The summed E-state index contributed by atoms with van der Waals surface area (Å²) >= 11 is 1.47. The number of hydrogen-bond donors (Lipinski definition) is 1. The first kappa shape index (κ1) is 17.7. The van der Waals surface area contributed by atoms with E-state index in [0.29, 0.717) is 5.69 Å². The van der Waals surface area contributed by atoms with Crippen LogP contribution in [-0.2, 0) is 29.1 Å². The molecule has 2 aromatic heterocycles. The molecule has 0 aliphatic heterocycles. The van der Waals surface area contributed by atoms with Gasteiger partial charge in [0.2, 0.25) is 0 Å². The molecule has 1 atom stereocenters. The minimum Gasteiger partial charge on any atom is -0.396 e. The summed E-state index contributed by atoms with van der Waals surface area (Å²) < 4.78 is 13.9. The first-order valence-electron chi connectivity index (χ1n) is 9.07. The summed E-state index contributed by atoms with van der Waals surface area (Å²) in [6.07, 6.45) is 4.52. The minimum absolute atomic E-state index is 0.0830. The summed E-state index contributed by atoms with van der Waals surface area (Å²) in [5.74, 6) is 0. The van der Waals surface area contributed by atoms with Gasteiger partial charge in [-0.25, -0.2) is 9.19 Å². The zero-order chi connectivity index (χ0) is 18.5. The van der Waals surface area contributed by atoms with Gasteiger partial charge in [-0.1, -0.05) is 32.9 Å². The van der Waals surface area contributed by atoms with Crippen LogP contribution in [0.3, 0.4) is 0 Å². The Morgan fingerprint density at radius 1 is 1.12 bits per heavy atom. The Labute approximate surface area is 161 Å². The molecule has 3 nitrogen and oxygen atoms in total. The second-order valence-corrected chi connectivity index (χ2v) is 10.7. The molecule has 1 aliphatic rings. The summed E-state index contributed by atoms with van der Waals surface area (Å²) in [5, 5.41) is 0.963. The molecular weight excluding hydrogens is 360 g/mol. The maximum atomic E-state index is 13.1. The molecular formula is C21H24N2OS2. The van der Waals surface area contributed by atoms with E-state index in [1.54, 1.807) is 0 Å². The molecule has 0 unspecified atom stereocenters. The van der Waals surface area contributed by atoms with Gasteiger partial charge in [0.05, 0.1) is 16.5 Å². The van der Waals surface area contributed by atoms with Crippen molar-refractivity contribution >= 4 is 38.0 Å². The SMILES string of the molecule is CC(C)(C)c1ccc([S@@](=O)c2sc3nc4c(cc3c2N)CCCC4)cc1. The molecule has 0 fully saturated rings. The molecule has 136 valence electrons. The fourth-order valence-corrected chi connectivity index (χ4v) is 6.03. The quantitative estimate of drug-likeness (QED) is 0.659. The molecule has 2 N–H and O–H groups in total. The van der Waals surface area contributed by atoms with Gasteiger partial charge < -0.3 is 5.73 Å². The van der Waals surface area contributed by atoms with Crippen molar-refractivity contribution in [1.82, 2.24) is 4.98 Å². The van der Waals surface area contributed by atoms with Crippen LogP contribution in [0.25, 0.3) is 10.2 Å². The molecule has 1 aromatic carbocycles. The third kappa shape index (κ3) is 3.08. The Morgan fingerprint density at radius 2 is 1.81 bits per heavy atom. The highest BCUT2D eigenvalue weighted by Gasteiger charge is 2.21. The number of nitrogen functional groups attached to an aromatic ring is 1. The number of aromatic nitrogens is 1. The molecule has 0 bridgehead atoms. The number of aryl methyl sites for hydroxylation is 2. The van der Waals surface area contributed by atoms with Gasteiger partial charge in [-0.05, 0) is 60.4 Å². The third-order valence-corrected chi connectivity index (χ3v) is 7.94. The van der Waals surface area contributed by atoms with Crippen molar-refractivity contribution in [3.63, 3.8) is 0 Å². The van der Waals surface area contributed by atoms with Crippen molar-refractivity contribution in [1.29, 1.82) is 0 Å². The summed E-state index contributed by atoms with van der Waals surface area (Å²) in [6.45, 7) is 6.53. The number of fused-ring (bicyclic) bond motifs is 2. The third-order valence-electron chi connectivity index (χ3n) is 5.07. The molecule has 26 heavy (non-hydrogen) atoms. The first-order chi connectivity index (χ1) is 12.3. The molecule has 2 heterocycles. The van der Waals surface area contributed by atoms with Gasteiger partial charge in [-0.3, -0.25) is 0 Å². The molecule has 0 saturated heterocycles. The van der Waals surface area contributed by atoms with Crippen LogP contribution in [0.2, 0.25) is 0 Å². The van der Waals surface area contributed by atoms with Crippen LogP contribution in [0, 0.1) is 0 Å². The van der Waals surface area contributed by atoms with Gasteiger partial charge in [-0.2, -0.15) is 0 Å². The molecule has 3 aromatic rings. The highest BCUT2D eigenvalue weighted by molar-refractivity contribution is 7.87. The lowest BCUT2D eigenvalue weighted by molar-refractivity contribution is 0.589. The van der Waals surface area contributed by atoms with E-state index in [0.717, 1.165) is 32.2 Å². The Balaban J connectivity index is 1.74. The van der Waals surface area contributed by atoms with Crippen molar-refractivity contribution in [2.45, 2.75) is 61.0 Å². The molecule has 0 amide bonds. The number of hydrogen-bond acceptors (Lipinski definition) is 4. The van der Waals surface area contributed by atoms with Crippen LogP contribution in [0.4, 0.5) is 5.69 Å². The molecule has 0 radical (unpaired) electrons. The largest absolute Gasteiger partial charge is 0.396 e. The zero-order valence-corrected chi connectivity index (χ0v) is 17.1. The molecule has 1 aliphatic carbocycles. The van der Waals surface area contributed by atoms with Crippen LogP contribution >= 0.6 is 11.3 Å². The monoisotopic (exact) mass is 384 g/mol. The van der Waals surface area contributed by atoms with Gasteiger partial charge in [-0.15, -0.1) is 11.3 Å². The lowest BCUT2D eigenvalue weighted by atomic mass is 9.87. The highest BCUT2D eigenvalue weighted by Crippen LogP contribution is 2.39. The Bertz CT molecular complexity index is 998. The number of thiophene rings is 1. The van der Waals surface area contributed by atoms with Gasteiger partial charge in [0.15, 0.2) is 0 Å². The zero-order valence-electron chi connectivity index (χ0n) is 15.5. The van der Waals surface area contributed by atoms with Crippen molar-refractivity contribution < 1.29 is 4.21 Å². The second kappa shape index (κ2) is 6.46. The molecule has 5 heteroatoms. The number of benzene rings is 1. The van der Waals surface area contributed by atoms with Crippen LogP contribution in [0.1, 0.15) is 50.4 Å². The maximum absolute atomic E-state index is 13.1. The van der Waals surface area contributed by atoms with Gasteiger partial charge in [0.1, 0.15) is 9.04 Å². The van der Waals surface area contributed by atoms with Crippen molar-refractivity contribution in [3.05, 3.63) is 47.2 Å². The standard InChI is InChI=1S/C21H24N2OS2/c1-21(2,3)14-8-10-15(11-9-14)26(24)20-18(22)16-12-13-6-4-5-7-17(13)23-19(16)25-20/h8-12H,4-7,22H2,1-3H3/t26-/m1/s1. The fourth-order valence-electron chi connectivity index (χ4n) is 3.46. The molecule has 0 saturated carbocycles. The first-order valence-corrected chi connectivity index (χ1v) is 11.0. The predicted molar refractivity (Wildman–Crippen MR) is 110 cm³/mol. The molecule has 0 spiro atoms. The lowest BCUT2D eigenvalue weighted by Crippen LogP contribution is -2.10. The smallest absolute Gasteiger partial charge is 0.126 e. The van der Waals surface area contributed by atoms with E-state index < -0.39 is 10.8 Å². The number of nitrogens with zero attached hydrogens (tertiary/aromatic N) is 1. The minimum atomic E-state index is -1.27. The Morgan fingerprint density at radius 3 is 2.50 bits per heavy atom. The van der Waals surface area contributed by atoms with Crippen LogP contribution < -0.4 is 5.73 Å². The Kier molecular flexibility index (Phi) is 4.40. The highest BCUT2D eigenvalue weighted by atomic mass is 32.2. The summed E-state index contributed by atoms with van der Waals surface area (Å²) in [5.41, 5.74) is 10.8. The average Bonchev–Trinajstić information content (AvgIpc) is 2.94. The van der Waals surface area contributed by atoms with E-state index >= 15 is 0 Å². The van der Waals surface area contributed by atoms with E-state index in [1.165, 1.54) is 41.0 Å². The van der Waals surface area contributed by atoms with Crippen LogP contribution in [0.5, 0.6) is 0 Å². The predicted octanol–water partition coefficient (Wildman–Crippen LogP) is 5.22. The van der Waals surface area contributed by atoms with Gasteiger partial charge in [0.25, 0.3) is 0 Å². The van der Waals surface area contributed by atoms with Crippen molar-refractivity contribution in [2.75, 3.05) is 5.73 Å². The van der Waals surface area contributed by atoms with Gasteiger partial charge in [0, 0.05) is 16.0 Å². The lowest BCUT2D eigenvalue weighted by Gasteiger charge is -2.18. The fraction of sp³-hybridized carbons (Fsp3) is 0.381. The van der Waals surface area contributed by atoms with E-state index in [9.17, 15) is 4.21 Å². The number of anilines is 1. The van der Waals surface area contributed by atoms with Crippen molar-refractivity contribution in [3.8, 4) is 0 Å². The average molecular weight is 385 g/mol. The molecule has 4 rings (SSSR count). The second-order valence-electron chi connectivity index (χ2n) is 8.00. The van der Waals surface area contributed by atoms with E-state index in [4.69, 9.17) is 10.7 Å². The number of nitrogens with two attached hydrogens (primary N) is 1.